The van der Waals surface area contributed by atoms with E-state index in [0.29, 0.717) is 13.2 Å². The lowest BCUT2D eigenvalue weighted by atomic mass is 10.1. The molecule has 0 aliphatic heterocycles. The van der Waals surface area contributed by atoms with Crippen LogP contribution in [0.25, 0.3) is 10.9 Å². The zero-order chi connectivity index (χ0) is 14.4. The molecular weight excluding hydrogens is 254 g/mol. The molecule has 1 aromatic heterocycles. The van der Waals surface area contributed by atoms with Crippen LogP contribution in [0, 0.1) is 6.92 Å². The summed E-state index contributed by atoms with van der Waals surface area (Å²) in [6.45, 7) is 3.43. The van der Waals surface area contributed by atoms with E-state index in [2.05, 4.69) is 15.6 Å². The number of fused-ring (bicyclic) bond motifs is 1. The SMILES string of the molecule is COCCNCC(=O)Nc1cccc2ccc(C)nc12. The number of anilines is 1. The van der Waals surface area contributed by atoms with Crippen LogP contribution in [0.4, 0.5) is 5.69 Å². The summed E-state index contributed by atoms with van der Waals surface area (Å²) in [7, 11) is 1.63. The zero-order valence-corrected chi connectivity index (χ0v) is 11.8. The van der Waals surface area contributed by atoms with Crippen molar-refractivity contribution in [1.29, 1.82) is 0 Å². The monoisotopic (exact) mass is 273 g/mol. The summed E-state index contributed by atoms with van der Waals surface area (Å²) in [5.74, 6) is -0.0862. The number of aryl methyl sites for hydroxylation is 1. The Morgan fingerprint density at radius 3 is 2.95 bits per heavy atom. The number of nitrogens with one attached hydrogen (secondary N) is 2. The van der Waals surface area contributed by atoms with Crippen LogP contribution in [0.1, 0.15) is 5.69 Å². The molecule has 0 spiro atoms. The molecule has 106 valence electrons. The van der Waals surface area contributed by atoms with Crippen LogP contribution in [0.5, 0.6) is 0 Å². The summed E-state index contributed by atoms with van der Waals surface area (Å²) in [5, 5.41) is 6.91. The van der Waals surface area contributed by atoms with Gasteiger partial charge >= 0.3 is 0 Å². The van der Waals surface area contributed by atoms with Crippen molar-refractivity contribution in [1.82, 2.24) is 10.3 Å². The quantitative estimate of drug-likeness (QED) is 0.787. The second-order valence-electron chi connectivity index (χ2n) is 4.55. The number of rotatable bonds is 6. The van der Waals surface area contributed by atoms with Crippen molar-refractivity contribution in [2.75, 3.05) is 32.1 Å². The molecule has 0 unspecified atom stereocenters. The van der Waals surface area contributed by atoms with E-state index in [1.807, 2.05) is 37.3 Å². The molecule has 1 heterocycles. The maximum absolute atomic E-state index is 11.9. The van der Waals surface area contributed by atoms with Gasteiger partial charge < -0.3 is 15.4 Å². The van der Waals surface area contributed by atoms with Gasteiger partial charge in [-0.2, -0.15) is 0 Å². The highest BCUT2D eigenvalue weighted by molar-refractivity contribution is 6.00. The fourth-order valence-electron chi connectivity index (χ4n) is 1.92. The molecular formula is C15H19N3O2. The minimum absolute atomic E-state index is 0.0862. The third-order valence-corrected chi connectivity index (χ3v) is 2.90. The van der Waals surface area contributed by atoms with E-state index in [0.717, 1.165) is 22.3 Å². The van der Waals surface area contributed by atoms with Crippen LogP contribution >= 0.6 is 0 Å². The number of pyridine rings is 1. The Hall–Kier alpha value is -1.98. The van der Waals surface area contributed by atoms with Crippen molar-refractivity contribution in [2.24, 2.45) is 0 Å². The van der Waals surface area contributed by atoms with Gasteiger partial charge in [0.05, 0.1) is 24.4 Å². The van der Waals surface area contributed by atoms with Gasteiger partial charge in [0, 0.05) is 24.7 Å². The summed E-state index contributed by atoms with van der Waals surface area (Å²) >= 11 is 0. The van der Waals surface area contributed by atoms with E-state index < -0.39 is 0 Å². The number of methoxy groups -OCH3 is 1. The van der Waals surface area contributed by atoms with Gasteiger partial charge in [0.2, 0.25) is 5.91 Å². The van der Waals surface area contributed by atoms with Crippen molar-refractivity contribution < 1.29 is 9.53 Å². The highest BCUT2D eigenvalue weighted by Gasteiger charge is 2.06. The Morgan fingerprint density at radius 2 is 2.15 bits per heavy atom. The van der Waals surface area contributed by atoms with E-state index in [1.54, 1.807) is 7.11 Å². The molecule has 0 aliphatic rings. The molecule has 0 radical (unpaired) electrons. The average Bonchev–Trinajstić information content (AvgIpc) is 2.44. The predicted molar refractivity (Wildman–Crippen MR) is 79.9 cm³/mol. The van der Waals surface area contributed by atoms with Crippen molar-refractivity contribution in [3.63, 3.8) is 0 Å². The molecule has 5 nitrogen and oxygen atoms in total. The number of ether oxygens (including phenoxy) is 1. The Balaban J connectivity index is 2.05. The van der Waals surface area contributed by atoms with Crippen LogP contribution in [-0.2, 0) is 9.53 Å². The second-order valence-corrected chi connectivity index (χ2v) is 4.55. The summed E-state index contributed by atoms with van der Waals surface area (Å²) in [5.41, 5.74) is 2.49. The van der Waals surface area contributed by atoms with Crippen LogP contribution < -0.4 is 10.6 Å². The van der Waals surface area contributed by atoms with E-state index in [-0.39, 0.29) is 12.5 Å². The second kappa shape index (κ2) is 6.98. The van der Waals surface area contributed by atoms with Gasteiger partial charge in [-0.3, -0.25) is 9.78 Å². The maximum atomic E-state index is 11.9. The smallest absolute Gasteiger partial charge is 0.238 e. The summed E-state index contributed by atoms with van der Waals surface area (Å²) in [6.07, 6.45) is 0. The Bertz CT molecular complexity index is 599. The van der Waals surface area contributed by atoms with E-state index >= 15 is 0 Å². The van der Waals surface area contributed by atoms with E-state index in [9.17, 15) is 4.79 Å². The topological polar surface area (TPSA) is 63.2 Å². The molecule has 1 aromatic carbocycles. The van der Waals surface area contributed by atoms with E-state index in [1.165, 1.54) is 0 Å². The van der Waals surface area contributed by atoms with Gasteiger partial charge in [0.25, 0.3) is 0 Å². The van der Waals surface area contributed by atoms with Crippen LogP contribution in [0.3, 0.4) is 0 Å². The van der Waals surface area contributed by atoms with Gasteiger partial charge in [0.1, 0.15) is 0 Å². The minimum Gasteiger partial charge on any atom is -0.383 e. The highest BCUT2D eigenvalue weighted by atomic mass is 16.5. The fourth-order valence-corrected chi connectivity index (χ4v) is 1.92. The summed E-state index contributed by atoms with van der Waals surface area (Å²) in [6, 6.07) is 9.72. The highest BCUT2D eigenvalue weighted by Crippen LogP contribution is 2.21. The van der Waals surface area contributed by atoms with Crippen molar-refractivity contribution in [3.05, 3.63) is 36.0 Å². The fraction of sp³-hybridized carbons (Fsp3) is 0.333. The first kappa shape index (κ1) is 14.4. The Labute approximate surface area is 118 Å². The number of amides is 1. The van der Waals surface area contributed by atoms with Crippen molar-refractivity contribution >= 4 is 22.5 Å². The Kier molecular flexibility index (Phi) is 5.03. The molecule has 2 aromatic rings. The molecule has 0 saturated carbocycles. The number of para-hydroxylation sites is 1. The molecule has 0 aliphatic carbocycles. The number of hydrogen-bond donors (Lipinski definition) is 2. The van der Waals surface area contributed by atoms with Gasteiger partial charge in [-0.25, -0.2) is 0 Å². The van der Waals surface area contributed by atoms with Crippen molar-refractivity contribution in [3.8, 4) is 0 Å². The summed E-state index contributed by atoms with van der Waals surface area (Å²) in [4.78, 5) is 16.3. The van der Waals surface area contributed by atoms with Crippen LogP contribution in [0.15, 0.2) is 30.3 Å². The average molecular weight is 273 g/mol. The lowest BCUT2D eigenvalue weighted by Crippen LogP contribution is -2.30. The number of carbonyl (C=O) groups is 1. The molecule has 5 heteroatoms. The number of nitrogens with zero attached hydrogens (tertiary/aromatic N) is 1. The molecule has 0 bridgehead atoms. The lowest BCUT2D eigenvalue weighted by Gasteiger charge is -2.09. The molecule has 2 rings (SSSR count). The minimum atomic E-state index is -0.0862. The first-order valence-electron chi connectivity index (χ1n) is 6.56. The number of benzene rings is 1. The maximum Gasteiger partial charge on any atom is 0.238 e. The first-order valence-corrected chi connectivity index (χ1v) is 6.56. The first-order chi connectivity index (χ1) is 9.70. The Morgan fingerprint density at radius 1 is 1.30 bits per heavy atom. The third kappa shape index (κ3) is 3.76. The van der Waals surface area contributed by atoms with Crippen LogP contribution in [0.2, 0.25) is 0 Å². The summed E-state index contributed by atoms with van der Waals surface area (Å²) < 4.78 is 4.91. The molecule has 20 heavy (non-hydrogen) atoms. The standard InChI is InChI=1S/C15H19N3O2/c1-11-6-7-12-4-3-5-13(15(12)17-11)18-14(19)10-16-8-9-20-2/h3-7,16H,8-10H2,1-2H3,(H,18,19). The largest absolute Gasteiger partial charge is 0.383 e. The van der Waals surface area contributed by atoms with Gasteiger partial charge in [-0.15, -0.1) is 0 Å². The number of aromatic nitrogens is 1. The molecule has 0 fully saturated rings. The molecule has 0 atom stereocenters. The number of hydrogen-bond acceptors (Lipinski definition) is 4. The number of carbonyl (C=O) groups excluding carboxylic acids is 1. The molecule has 0 saturated heterocycles. The van der Waals surface area contributed by atoms with E-state index in [4.69, 9.17) is 4.74 Å². The van der Waals surface area contributed by atoms with Crippen LogP contribution in [-0.4, -0.2) is 37.7 Å². The molecule has 1 amide bonds. The normalized spacial score (nSPS) is 10.7. The van der Waals surface area contributed by atoms with Gasteiger partial charge in [0.15, 0.2) is 0 Å². The third-order valence-electron chi connectivity index (χ3n) is 2.90. The van der Waals surface area contributed by atoms with Gasteiger partial charge in [-0.1, -0.05) is 18.2 Å². The predicted octanol–water partition coefficient (Wildman–Crippen LogP) is 1.72. The zero-order valence-electron chi connectivity index (χ0n) is 11.8. The lowest BCUT2D eigenvalue weighted by molar-refractivity contribution is -0.115. The van der Waals surface area contributed by atoms with Gasteiger partial charge in [-0.05, 0) is 19.1 Å². The molecule has 2 N–H and O–H groups in total. The van der Waals surface area contributed by atoms with Crippen molar-refractivity contribution in [2.45, 2.75) is 6.92 Å².